The molecule has 3 N–H and O–H groups in total. The molecule has 0 fully saturated rings. The first-order chi connectivity index (χ1) is 5.14. The minimum Gasteiger partial charge on any atom is -0.388 e. The van der Waals surface area contributed by atoms with Crippen LogP contribution in [0.25, 0.3) is 0 Å². The van der Waals surface area contributed by atoms with Crippen molar-refractivity contribution in [3.05, 3.63) is 16.6 Å². The molecule has 3 nitrogen and oxygen atoms in total. The molecular weight excluding hydrogens is 160 g/mol. The van der Waals surface area contributed by atoms with Crippen molar-refractivity contribution in [1.82, 2.24) is 4.98 Å². The molecule has 0 amide bonds. The van der Waals surface area contributed by atoms with Crippen molar-refractivity contribution in [1.29, 1.82) is 0 Å². The second kappa shape index (κ2) is 3.30. The third kappa shape index (κ3) is 2.57. The molecule has 1 unspecified atom stereocenters. The maximum Gasteiger partial charge on any atom is 0.0953 e. The van der Waals surface area contributed by atoms with Gasteiger partial charge in [-0.15, -0.1) is 11.3 Å². The molecule has 0 aliphatic rings. The summed E-state index contributed by atoms with van der Waals surface area (Å²) in [5, 5.41) is 12.4. The molecule has 62 valence electrons. The summed E-state index contributed by atoms with van der Waals surface area (Å²) in [6.45, 7) is 1.99. The van der Waals surface area contributed by atoms with Crippen LogP contribution in [0.3, 0.4) is 0 Å². The number of nitrogens with two attached hydrogens (primary N) is 1. The summed E-state index contributed by atoms with van der Waals surface area (Å²) in [6, 6.07) is 0. The number of thiazole rings is 1. The summed E-state index contributed by atoms with van der Waals surface area (Å²) in [7, 11) is 0. The SMILES string of the molecule is CC(O)(CN)Cc1nccs1. The quantitative estimate of drug-likeness (QED) is 0.693. The second-order valence-electron chi connectivity index (χ2n) is 2.80. The van der Waals surface area contributed by atoms with Crippen LogP contribution in [0.4, 0.5) is 0 Å². The second-order valence-corrected chi connectivity index (χ2v) is 3.78. The van der Waals surface area contributed by atoms with Crippen molar-refractivity contribution in [2.24, 2.45) is 5.73 Å². The number of rotatable bonds is 3. The van der Waals surface area contributed by atoms with Crippen LogP contribution in [0.2, 0.25) is 0 Å². The molecule has 0 bridgehead atoms. The fourth-order valence-corrected chi connectivity index (χ4v) is 1.53. The first-order valence-corrected chi connectivity index (χ1v) is 4.33. The largest absolute Gasteiger partial charge is 0.388 e. The Kier molecular flexibility index (Phi) is 2.59. The summed E-state index contributed by atoms with van der Waals surface area (Å²) in [5.74, 6) is 0. The lowest BCUT2D eigenvalue weighted by molar-refractivity contribution is 0.0696. The fourth-order valence-electron chi connectivity index (χ4n) is 0.738. The fraction of sp³-hybridized carbons (Fsp3) is 0.571. The van der Waals surface area contributed by atoms with Gasteiger partial charge < -0.3 is 10.8 Å². The van der Waals surface area contributed by atoms with Crippen LogP contribution >= 0.6 is 11.3 Å². The molecule has 0 aliphatic carbocycles. The monoisotopic (exact) mass is 172 g/mol. The smallest absolute Gasteiger partial charge is 0.0953 e. The third-order valence-electron chi connectivity index (χ3n) is 1.46. The van der Waals surface area contributed by atoms with Gasteiger partial charge in [-0.1, -0.05) is 0 Å². The Morgan fingerprint density at radius 3 is 3.00 bits per heavy atom. The Morgan fingerprint density at radius 2 is 2.55 bits per heavy atom. The van der Waals surface area contributed by atoms with E-state index in [9.17, 15) is 5.11 Å². The van der Waals surface area contributed by atoms with Gasteiger partial charge in [0.15, 0.2) is 0 Å². The van der Waals surface area contributed by atoms with E-state index in [4.69, 9.17) is 5.73 Å². The molecule has 1 aromatic heterocycles. The summed E-state index contributed by atoms with van der Waals surface area (Å²) in [4.78, 5) is 4.05. The molecule has 0 saturated heterocycles. The summed E-state index contributed by atoms with van der Waals surface area (Å²) in [6.07, 6.45) is 2.27. The van der Waals surface area contributed by atoms with E-state index >= 15 is 0 Å². The van der Waals surface area contributed by atoms with Crippen molar-refractivity contribution in [2.45, 2.75) is 18.9 Å². The Balaban J connectivity index is 2.56. The van der Waals surface area contributed by atoms with E-state index in [0.717, 1.165) is 5.01 Å². The molecule has 4 heteroatoms. The van der Waals surface area contributed by atoms with Crippen molar-refractivity contribution < 1.29 is 5.11 Å². The average Bonchev–Trinajstić information content (AvgIpc) is 2.39. The van der Waals surface area contributed by atoms with Gasteiger partial charge in [0.25, 0.3) is 0 Å². The highest BCUT2D eigenvalue weighted by Crippen LogP contribution is 2.13. The average molecular weight is 172 g/mol. The van der Waals surface area contributed by atoms with Gasteiger partial charge in [0.05, 0.1) is 10.6 Å². The molecule has 0 radical (unpaired) electrons. The summed E-state index contributed by atoms with van der Waals surface area (Å²) >= 11 is 1.54. The van der Waals surface area contributed by atoms with Crippen LogP contribution in [0, 0.1) is 0 Å². The topological polar surface area (TPSA) is 59.1 Å². The predicted octanol–water partition coefficient (Wildman–Crippen LogP) is 0.395. The van der Waals surface area contributed by atoms with Gasteiger partial charge in [0.1, 0.15) is 0 Å². The first-order valence-electron chi connectivity index (χ1n) is 3.45. The van der Waals surface area contributed by atoms with Gasteiger partial charge in [-0.2, -0.15) is 0 Å². The van der Waals surface area contributed by atoms with Gasteiger partial charge >= 0.3 is 0 Å². The molecular formula is C7H12N2OS. The van der Waals surface area contributed by atoms with Gasteiger partial charge in [-0.3, -0.25) is 0 Å². The van der Waals surface area contributed by atoms with Crippen LogP contribution in [-0.4, -0.2) is 22.2 Å². The minimum atomic E-state index is -0.808. The number of nitrogens with zero attached hydrogens (tertiary/aromatic N) is 1. The van der Waals surface area contributed by atoms with Crippen molar-refractivity contribution in [3.63, 3.8) is 0 Å². The van der Waals surface area contributed by atoms with E-state index in [2.05, 4.69) is 4.98 Å². The maximum absolute atomic E-state index is 9.54. The van der Waals surface area contributed by atoms with Crippen LogP contribution in [0.1, 0.15) is 11.9 Å². The highest BCUT2D eigenvalue weighted by atomic mass is 32.1. The number of aromatic nitrogens is 1. The molecule has 1 rings (SSSR count). The Labute approximate surface area is 69.9 Å². The number of hydrogen-bond donors (Lipinski definition) is 2. The van der Waals surface area contributed by atoms with Crippen LogP contribution in [0.15, 0.2) is 11.6 Å². The summed E-state index contributed by atoms with van der Waals surface area (Å²) < 4.78 is 0. The molecule has 1 aromatic rings. The molecule has 1 atom stereocenters. The van der Waals surface area contributed by atoms with Gasteiger partial charge in [0, 0.05) is 24.5 Å². The lowest BCUT2D eigenvalue weighted by Crippen LogP contribution is -2.36. The van der Waals surface area contributed by atoms with E-state index < -0.39 is 5.60 Å². The Hall–Kier alpha value is -0.450. The summed E-state index contributed by atoms with van der Waals surface area (Å²) in [5.41, 5.74) is 4.54. The molecule has 0 spiro atoms. The van der Waals surface area contributed by atoms with Crippen LogP contribution in [0.5, 0.6) is 0 Å². The Morgan fingerprint density at radius 1 is 1.82 bits per heavy atom. The lowest BCUT2D eigenvalue weighted by atomic mass is 10.0. The molecule has 0 aromatic carbocycles. The zero-order chi connectivity index (χ0) is 8.32. The molecule has 11 heavy (non-hydrogen) atoms. The number of aliphatic hydroxyl groups is 1. The van der Waals surface area contributed by atoms with Crippen LogP contribution in [-0.2, 0) is 6.42 Å². The van der Waals surface area contributed by atoms with Gasteiger partial charge in [-0.25, -0.2) is 4.98 Å². The van der Waals surface area contributed by atoms with Crippen molar-refractivity contribution >= 4 is 11.3 Å². The van der Waals surface area contributed by atoms with Gasteiger partial charge in [0.2, 0.25) is 0 Å². The zero-order valence-electron chi connectivity index (χ0n) is 6.45. The molecule has 0 saturated carbocycles. The minimum absolute atomic E-state index is 0.270. The van der Waals surface area contributed by atoms with E-state index in [0.29, 0.717) is 6.42 Å². The van der Waals surface area contributed by atoms with E-state index in [-0.39, 0.29) is 6.54 Å². The lowest BCUT2D eigenvalue weighted by Gasteiger charge is -2.18. The van der Waals surface area contributed by atoms with Crippen molar-refractivity contribution in [3.8, 4) is 0 Å². The third-order valence-corrected chi connectivity index (χ3v) is 2.23. The number of hydrogen-bond acceptors (Lipinski definition) is 4. The highest BCUT2D eigenvalue weighted by molar-refractivity contribution is 7.09. The van der Waals surface area contributed by atoms with E-state index in [1.165, 1.54) is 11.3 Å². The Bertz CT molecular complexity index is 208. The predicted molar refractivity (Wildman–Crippen MR) is 45.5 cm³/mol. The highest BCUT2D eigenvalue weighted by Gasteiger charge is 2.19. The normalized spacial score (nSPS) is 16.3. The van der Waals surface area contributed by atoms with Crippen molar-refractivity contribution in [2.75, 3.05) is 6.54 Å². The maximum atomic E-state index is 9.54. The van der Waals surface area contributed by atoms with Crippen LogP contribution < -0.4 is 5.73 Å². The zero-order valence-corrected chi connectivity index (χ0v) is 7.27. The van der Waals surface area contributed by atoms with E-state index in [1.807, 2.05) is 5.38 Å². The van der Waals surface area contributed by atoms with E-state index in [1.54, 1.807) is 13.1 Å². The standard InChI is InChI=1S/C7H12N2OS/c1-7(10,5-8)4-6-9-2-3-11-6/h2-3,10H,4-5,8H2,1H3. The first kappa shape index (κ1) is 8.64. The van der Waals surface area contributed by atoms with Gasteiger partial charge in [-0.05, 0) is 6.92 Å². The molecule has 0 aliphatic heterocycles. The molecule has 1 heterocycles.